The first kappa shape index (κ1) is 25.1. The summed E-state index contributed by atoms with van der Waals surface area (Å²) >= 11 is 1.22. The molecule has 4 N–H and O–H groups in total. The number of carbonyl (C=O) groups excluding carboxylic acids is 1. The van der Waals surface area contributed by atoms with Crippen LogP contribution in [-0.4, -0.2) is 72.8 Å². The largest absolute Gasteiger partial charge is 0.433 e. The number of hydrogen-bond acceptors (Lipinski definition) is 10. The number of piperazine rings is 1. The molecule has 2 saturated heterocycles. The molecule has 3 aromatic rings. The average Bonchev–Trinajstić information content (AvgIpc) is 3.35. The molecule has 2 aromatic heterocycles. The SMILES string of the molecule is Cc1cnc(Nc2ccc(N3CCN4CCOC[C@@H]4C3)cc2OC(F)F)nc1Nc1ccsc1C(N)=O. The number of alkyl halides is 2. The van der Waals surface area contributed by atoms with Gasteiger partial charge >= 0.3 is 6.61 Å². The van der Waals surface area contributed by atoms with Gasteiger partial charge in [-0.05, 0) is 30.5 Å². The lowest BCUT2D eigenvalue weighted by Crippen LogP contribution is -2.58. The van der Waals surface area contributed by atoms with Gasteiger partial charge in [-0.15, -0.1) is 11.3 Å². The van der Waals surface area contributed by atoms with Crippen molar-refractivity contribution in [1.29, 1.82) is 0 Å². The van der Waals surface area contributed by atoms with Crippen LogP contribution in [-0.2, 0) is 4.74 Å². The molecule has 5 rings (SSSR count). The van der Waals surface area contributed by atoms with E-state index in [2.05, 4.69) is 30.4 Å². The quantitative estimate of drug-likeness (QED) is 0.401. The lowest BCUT2D eigenvalue weighted by Gasteiger charge is -2.44. The Morgan fingerprint density at radius 1 is 1.24 bits per heavy atom. The first-order chi connectivity index (χ1) is 17.9. The summed E-state index contributed by atoms with van der Waals surface area (Å²) in [5, 5.41) is 7.82. The zero-order valence-corrected chi connectivity index (χ0v) is 20.9. The van der Waals surface area contributed by atoms with Crippen molar-refractivity contribution in [2.24, 2.45) is 5.73 Å². The smallest absolute Gasteiger partial charge is 0.387 e. The number of nitrogens with one attached hydrogen (secondary N) is 2. The zero-order valence-electron chi connectivity index (χ0n) is 20.1. The second-order valence-corrected chi connectivity index (χ2v) is 9.69. The van der Waals surface area contributed by atoms with Gasteiger partial charge in [-0.3, -0.25) is 9.69 Å². The number of fused-ring (bicyclic) bond motifs is 1. The fourth-order valence-electron chi connectivity index (χ4n) is 4.46. The van der Waals surface area contributed by atoms with Gasteiger partial charge in [0.1, 0.15) is 10.7 Å². The van der Waals surface area contributed by atoms with E-state index in [1.807, 2.05) is 6.07 Å². The summed E-state index contributed by atoms with van der Waals surface area (Å²) in [6, 6.07) is 7.14. The molecule has 0 unspecified atom stereocenters. The molecule has 0 saturated carbocycles. The molecule has 0 aliphatic carbocycles. The van der Waals surface area contributed by atoms with Crippen LogP contribution in [0.4, 0.5) is 37.6 Å². The summed E-state index contributed by atoms with van der Waals surface area (Å²) in [6.07, 6.45) is 1.59. The molecule has 2 fully saturated rings. The Labute approximate surface area is 216 Å². The standard InChI is InChI=1S/C24H27F2N7O3S/c1-14-11-28-24(31-22(14)29-18-4-9-37-20(18)21(27)34)30-17-3-2-15(10-19(17)36-23(25)26)33-6-5-32-7-8-35-13-16(32)12-33/h2-4,9-11,16,23H,5-8,12-13H2,1H3,(H2,27,34)(H2,28,29,30,31)/t16-/m0/s1. The number of nitrogens with zero attached hydrogens (tertiary/aromatic N) is 4. The molecule has 2 aliphatic rings. The van der Waals surface area contributed by atoms with E-state index in [0.717, 1.165) is 44.0 Å². The first-order valence-electron chi connectivity index (χ1n) is 11.8. The third kappa shape index (κ3) is 5.73. The minimum Gasteiger partial charge on any atom is -0.433 e. The van der Waals surface area contributed by atoms with Crippen LogP contribution in [0.25, 0.3) is 0 Å². The minimum atomic E-state index is -3.00. The van der Waals surface area contributed by atoms with Gasteiger partial charge in [0.15, 0.2) is 5.75 Å². The number of aryl methyl sites for hydroxylation is 1. The molecule has 196 valence electrons. The number of ether oxygens (including phenoxy) is 2. The summed E-state index contributed by atoms with van der Waals surface area (Å²) < 4.78 is 37.1. The van der Waals surface area contributed by atoms with E-state index in [0.29, 0.717) is 28.7 Å². The van der Waals surface area contributed by atoms with E-state index in [9.17, 15) is 13.6 Å². The van der Waals surface area contributed by atoms with Crippen LogP contribution in [0, 0.1) is 6.92 Å². The summed E-state index contributed by atoms with van der Waals surface area (Å²) in [4.78, 5) is 25.3. The highest BCUT2D eigenvalue weighted by molar-refractivity contribution is 7.12. The number of hydrogen-bond donors (Lipinski definition) is 3. The van der Waals surface area contributed by atoms with Crippen LogP contribution in [0.15, 0.2) is 35.8 Å². The predicted octanol–water partition coefficient (Wildman–Crippen LogP) is 3.55. The Balaban J connectivity index is 1.37. The van der Waals surface area contributed by atoms with Crippen LogP contribution in [0.3, 0.4) is 0 Å². The first-order valence-corrected chi connectivity index (χ1v) is 12.7. The summed E-state index contributed by atoms with van der Waals surface area (Å²) in [5.74, 6) is 0.0546. The van der Waals surface area contributed by atoms with Gasteiger partial charge in [0, 0.05) is 49.7 Å². The molecule has 10 nitrogen and oxygen atoms in total. The summed E-state index contributed by atoms with van der Waals surface area (Å²) in [5.41, 5.74) is 7.77. The molecule has 0 bridgehead atoms. The summed E-state index contributed by atoms with van der Waals surface area (Å²) in [6.45, 7) is 3.51. The van der Waals surface area contributed by atoms with Gasteiger partial charge in [0.2, 0.25) is 5.95 Å². The lowest BCUT2D eigenvalue weighted by atomic mass is 10.1. The number of nitrogens with two attached hydrogens (primary N) is 1. The number of primary amides is 1. The van der Waals surface area contributed by atoms with Crippen molar-refractivity contribution in [3.63, 3.8) is 0 Å². The van der Waals surface area contributed by atoms with Crippen LogP contribution in [0.2, 0.25) is 0 Å². The van der Waals surface area contributed by atoms with Crippen LogP contribution >= 0.6 is 11.3 Å². The van der Waals surface area contributed by atoms with E-state index in [4.69, 9.17) is 15.2 Å². The molecular formula is C24H27F2N7O3S. The molecular weight excluding hydrogens is 504 g/mol. The fraction of sp³-hybridized carbons (Fsp3) is 0.375. The van der Waals surface area contributed by atoms with Crippen molar-refractivity contribution < 1.29 is 23.0 Å². The van der Waals surface area contributed by atoms with Crippen molar-refractivity contribution >= 4 is 46.1 Å². The molecule has 0 radical (unpaired) electrons. The maximum atomic E-state index is 13.3. The van der Waals surface area contributed by atoms with Gasteiger partial charge in [0.25, 0.3) is 5.91 Å². The number of halogens is 2. The van der Waals surface area contributed by atoms with E-state index < -0.39 is 12.5 Å². The molecule has 0 spiro atoms. The number of amides is 1. The maximum Gasteiger partial charge on any atom is 0.387 e. The highest BCUT2D eigenvalue weighted by Crippen LogP contribution is 2.34. The van der Waals surface area contributed by atoms with Gasteiger partial charge in [-0.1, -0.05) is 0 Å². The molecule has 1 amide bonds. The van der Waals surface area contributed by atoms with Crippen LogP contribution in [0.1, 0.15) is 15.2 Å². The lowest BCUT2D eigenvalue weighted by molar-refractivity contribution is -0.0493. The Morgan fingerprint density at radius 3 is 2.92 bits per heavy atom. The molecule has 4 heterocycles. The highest BCUT2D eigenvalue weighted by atomic mass is 32.1. The predicted molar refractivity (Wildman–Crippen MR) is 138 cm³/mol. The second kappa shape index (κ2) is 10.8. The van der Waals surface area contributed by atoms with E-state index >= 15 is 0 Å². The van der Waals surface area contributed by atoms with E-state index in [1.165, 1.54) is 11.3 Å². The number of thiophene rings is 1. The van der Waals surface area contributed by atoms with Crippen LogP contribution in [0.5, 0.6) is 5.75 Å². The van der Waals surface area contributed by atoms with Gasteiger partial charge in [0.05, 0.1) is 30.6 Å². The van der Waals surface area contributed by atoms with E-state index in [1.54, 1.807) is 36.7 Å². The van der Waals surface area contributed by atoms with Crippen LogP contribution < -0.4 is 26.0 Å². The third-order valence-corrected chi connectivity index (χ3v) is 7.27. The Bertz CT molecular complexity index is 1270. The number of aromatic nitrogens is 2. The van der Waals surface area contributed by atoms with Crippen molar-refractivity contribution in [3.05, 3.63) is 46.3 Å². The second-order valence-electron chi connectivity index (χ2n) is 8.77. The minimum absolute atomic E-state index is 0.0117. The van der Waals surface area contributed by atoms with Crippen molar-refractivity contribution in [3.8, 4) is 5.75 Å². The molecule has 1 atom stereocenters. The Hall–Kier alpha value is -3.55. The molecule has 37 heavy (non-hydrogen) atoms. The van der Waals surface area contributed by atoms with Gasteiger partial charge < -0.3 is 30.7 Å². The molecule has 13 heteroatoms. The fourth-order valence-corrected chi connectivity index (χ4v) is 5.16. The molecule has 2 aliphatic heterocycles. The Kier molecular flexibility index (Phi) is 7.35. The Morgan fingerprint density at radius 2 is 2.11 bits per heavy atom. The number of benzene rings is 1. The number of morpholine rings is 1. The van der Waals surface area contributed by atoms with Gasteiger partial charge in [-0.2, -0.15) is 13.8 Å². The van der Waals surface area contributed by atoms with Gasteiger partial charge in [-0.25, -0.2) is 4.98 Å². The zero-order chi connectivity index (χ0) is 25.9. The number of anilines is 5. The highest BCUT2D eigenvalue weighted by Gasteiger charge is 2.30. The van der Waals surface area contributed by atoms with E-state index in [-0.39, 0.29) is 17.7 Å². The third-order valence-electron chi connectivity index (χ3n) is 6.34. The van der Waals surface area contributed by atoms with Crippen molar-refractivity contribution in [2.45, 2.75) is 19.6 Å². The summed E-state index contributed by atoms with van der Waals surface area (Å²) in [7, 11) is 0. The monoisotopic (exact) mass is 531 g/mol. The average molecular weight is 532 g/mol. The number of carbonyl (C=O) groups is 1. The van der Waals surface area contributed by atoms with Crippen molar-refractivity contribution in [1.82, 2.24) is 14.9 Å². The maximum absolute atomic E-state index is 13.3. The topological polar surface area (TPSA) is 118 Å². The normalized spacial score (nSPS) is 17.9. The molecule has 1 aromatic carbocycles. The number of rotatable bonds is 8. The van der Waals surface area contributed by atoms with Crippen molar-refractivity contribution in [2.75, 3.05) is 54.9 Å².